The van der Waals surface area contributed by atoms with Crippen LogP contribution in [0.5, 0.6) is 0 Å². The van der Waals surface area contributed by atoms with Crippen LogP contribution in [0.25, 0.3) is 10.9 Å². The number of hydrogen-bond donors (Lipinski definition) is 4. The van der Waals surface area contributed by atoms with Gasteiger partial charge in [0.25, 0.3) is 0 Å². The highest BCUT2D eigenvalue weighted by molar-refractivity contribution is 6.06. The first-order chi connectivity index (χ1) is 12.0. The van der Waals surface area contributed by atoms with Gasteiger partial charge in [-0.15, -0.1) is 0 Å². The van der Waals surface area contributed by atoms with Crippen molar-refractivity contribution in [2.24, 2.45) is 16.6 Å². The third-order valence-electron chi connectivity index (χ3n) is 4.83. The lowest BCUT2D eigenvalue weighted by Gasteiger charge is -2.30. The van der Waals surface area contributed by atoms with Crippen molar-refractivity contribution in [3.8, 4) is 0 Å². The number of H-pyrrole nitrogens is 1. The van der Waals surface area contributed by atoms with Gasteiger partial charge in [0.15, 0.2) is 11.4 Å². The van der Waals surface area contributed by atoms with Gasteiger partial charge in [-0.3, -0.25) is 5.10 Å². The van der Waals surface area contributed by atoms with E-state index in [2.05, 4.69) is 25.8 Å². The van der Waals surface area contributed by atoms with E-state index in [9.17, 15) is 4.39 Å². The second kappa shape index (κ2) is 4.82. The first-order valence-corrected chi connectivity index (χ1v) is 8.19. The summed E-state index contributed by atoms with van der Waals surface area (Å²) in [6.07, 6.45) is 3.62. The highest BCUT2D eigenvalue weighted by Gasteiger charge is 2.49. The quantitative estimate of drug-likeness (QED) is 0.574. The maximum absolute atomic E-state index is 14.4. The molecule has 8 heteroatoms. The summed E-state index contributed by atoms with van der Waals surface area (Å²) in [5.41, 5.74) is 8.23. The molecule has 2 aliphatic rings. The topological polar surface area (TPSA) is 104 Å². The number of nitrogens with one attached hydrogen (secondary N) is 3. The van der Waals surface area contributed by atoms with E-state index in [4.69, 9.17) is 10.2 Å². The van der Waals surface area contributed by atoms with Gasteiger partial charge in [-0.2, -0.15) is 5.10 Å². The SMILES string of the molecule is Cc1[nH]nc2cc(NC3=NC(N)(C4CC4)c4occc4N3)cc(F)c12. The molecule has 7 nitrogen and oxygen atoms in total. The van der Waals surface area contributed by atoms with Crippen LogP contribution in [-0.2, 0) is 5.66 Å². The van der Waals surface area contributed by atoms with Crippen molar-refractivity contribution in [2.75, 3.05) is 10.6 Å². The van der Waals surface area contributed by atoms with E-state index in [-0.39, 0.29) is 11.7 Å². The van der Waals surface area contributed by atoms with Gasteiger partial charge >= 0.3 is 0 Å². The van der Waals surface area contributed by atoms with Gasteiger partial charge in [0, 0.05) is 23.4 Å². The van der Waals surface area contributed by atoms with Gasteiger partial charge in [0.2, 0.25) is 5.96 Å². The molecule has 0 radical (unpaired) electrons. The van der Waals surface area contributed by atoms with Gasteiger partial charge in [0.1, 0.15) is 5.82 Å². The molecule has 0 saturated heterocycles. The van der Waals surface area contributed by atoms with E-state index >= 15 is 0 Å². The zero-order valence-electron chi connectivity index (χ0n) is 13.6. The Morgan fingerprint density at radius 1 is 1.40 bits per heavy atom. The fraction of sp³-hybridized carbons (Fsp3) is 0.294. The lowest BCUT2D eigenvalue weighted by molar-refractivity contribution is 0.315. The molecular formula is C17H17FN6O. The summed E-state index contributed by atoms with van der Waals surface area (Å²) >= 11 is 0. The van der Waals surface area contributed by atoms with E-state index < -0.39 is 5.66 Å². The summed E-state index contributed by atoms with van der Waals surface area (Å²) in [5.74, 6) is 1.02. The Morgan fingerprint density at radius 2 is 2.24 bits per heavy atom. The lowest BCUT2D eigenvalue weighted by atomic mass is 10.0. The van der Waals surface area contributed by atoms with E-state index in [0.29, 0.717) is 34.0 Å². The number of benzene rings is 1. The van der Waals surface area contributed by atoms with Crippen molar-refractivity contribution in [3.63, 3.8) is 0 Å². The van der Waals surface area contributed by atoms with E-state index in [1.807, 2.05) is 6.07 Å². The molecule has 1 aromatic carbocycles. The molecule has 25 heavy (non-hydrogen) atoms. The van der Waals surface area contributed by atoms with E-state index in [1.54, 1.807) is 19.3 Å². The van der Waals surface area contributed by atoms with Crippen LogP contribution in [-0.4, -0.2) is 16.2 Å². The van der Waals surface area contributed by atoms with Gasteiger partial charge in [-0.1, -0.05) is 0 Å². The number of aryl methyl sites for hydroxylation is 1. The number of nitrogens with zero attached hydrogens (tertiary/aromatic N) is 2. The largest absolute Gasteiger partial charge is 0.463 e. The summed E-state index contributed by atoms with van der Waals surface area (Å²) < 4.78 is 19.9. The average Bonchev–Trinajstić information content (AvgIpc) is 3.21. The number of furan rings is 1. The molecule has 1 fully saturated rings. The summed E-state index contributed by atoms with van der Waals surface area (Å²) in [6, 6.07) is 5.01. The van der Waals surface area contributed by atoms with Crippen molar-refractivity contribution in [1.29, 1.82) is 0 Å². The minimum absolute atomic E-state index is 0.254. The number of aromatic amines is 1. The molecule has 0 amide bonds. The van der Waals surface area contributed by atoms with Gasteiger partial charge in [-0.05, 0) is 31.9 Å². The Labute approximate surface area is 142 Å². The van der Waals surface area contributed by atoms with Crippen LogP contribution in [0.15, 0.2) is 33.9 Å². The number of aliphatic imine (C=N–C) groups is 1. The molecule has 128 valence electrons. The van der Waals surface area contributed by atoms with Crippen LogP contribution in [0.3, 0.4) is 0 Å². The number of nitrogens with two attached hydrogens (primary N) is 1. The maximum Gasteiger partial charge on any atom is 0.202 e. The van der Waals surface area contributed by atoms with Crippen molar-refractivity contribution in [1.82, 2.24) is 10.2 Å². The Morgan fingerprint density at radius 3 is 3.04 bits per heavy atom. The molecule has 3 heterocycles. The number of hydrogen-bond acceptors (Lipinski definition) is 6. The normalized spacial score (nSPS) is 22.4. The van der Waals surface area contributed by atoms with Gasteiger partial charge < -0.3 is 20.8 Å². The number of aromatic nitrogens is 2. The Bertz CT molecular complexity index is 1020. The van der Waals surface area contributed by atoms with Crippen molar-refractivity contribution >= 4 is 28.2 Å². The first kappa shape index (κ1) is 14.5. The van der Waals surface area contributed by atoms with Gasteiger partial charge in [-0.25, -0.2) is 9.38 Å². The molecule has 2 aromatic heterocycles. The zero-order valence-corrected chi connectivity index (χ0v) is 13.6. The second-order valence-corrected chi connectivity index (χ2v) is 6.67. The molecule has 1 aliphatic heterocycles. The van der Waals surface area contributed by atoms with E-state index in [0.717, 1.165) is 18.5 Å². The summed E-state index contributed by atoms with van der Waals surface area (Å²) in [5, 5.41) is 13.7. The number of fused-ring (bicyclic) bond motifs is 2. The standard InChI is InChI=1S/C17H17FN6O/c1-8-14-11(18)6-10(7-13(14)24-23-8)20-16-21-12-4-5-25-15(12)17(19,22-16)9-2-3-9/h4-7,9H,2-3,19H2,1H3,(H,23,24)(H2,20,21,22). The van der Waals surface area contributed by atoms with Crippen molar-refractivity contribution in [3.05, 3.63) is 41.7 Å². The highest BCUT2D eigenvalue weighted by Crippen LogP contribution is 2.48. The van der Waals surface area contributed by atoms with Crippen LogP contribution in [0.2, 0.25) is 0 Å². The zero-order chi connectivity index (χ0) is 17.2. The van der Waals surface area contributed by atoms with E-state index in [1.165, 1.54) is 6.07 Å². The molecule has 1 saturated carbocycles. The number of halogens is 1. The van der Waals surface area contributed by atoms with Crippen LogP contribution in [0, 0.1) is 18.7 Å². The van der Waals surface area contributed by atoms with Crippen molar-refractivity contribution < 1.29 is 8.81 Å². The third-order valence-corrected chi connectivity index (χ3v) is 4.83. The predicted molar refractivity (Wildman–Crippen MR) is 92.8 cm³/mol. The molecule has 1 unspecified atom stereocenters. The van der Waals surface area contributed by atoms with Crippen LogP contribution in [0.1, 0.15) is 24.3 Å². The molecular weight excluding hydrogens is 323 g/mol. The average molecular weight is 340 g/mol. The number of guanidine groups is 1. The Kier molecular flexibility index (Phi) is 2.79. The Hall–Kier alpha value is -2.87. The minimum Gasteiger partial charge on any atom is -0.463 e. The van der Waals surface area contributed by atoms with Crippen LogP contribution < -0.4 is 16.4 Å². The maximum atomic E-state index is 14.4. The van der Waals surface area contributed by atoms with Gasteiger partial charge in [0.05, 0.1) is 22.9 Å². The molecule has 5 N–H and O–H groups in total. The number of anilines is 2. The highest BCUT2D eigenvalue weighted by atomic mass is 19.1. The van der Waals surface area contributed by atoms with Crippen LogP contribution >= 0.6 is 0 Å². The predicted octanol–water partition coefficient (Wildman–Crippen LogP) is 3.02. The second-order valence-electron chi connectivity index (χ2n) is 6.67. The molecule has 1 atom stereocenters. The lowest BCUT2D eigenvalue weighted by Crippen LogP contribution is -2.44. The summed E-state index contributed by atoms with van der Waals surface area (Å²) in [6.45, 7) is 1.79. The minimum atomic E-state index is -0.891. The fourth-order valence-electron chi connectivity index (χ4n) is 3.43. The fourth-order valence-corrected chi connectivity index (χ4v) is 3.43. The van der Waals surface area contributed by atoms with Crippen LogP contribution in [0.4, 0.5) is 15.8 Å². The molecule has 0 spiro atoms. The summed E-state index contributed by atoms with van der Waals surface area (Å²) in [4.78, 5) is 4.63. The van der Waals surface area contributed by atoms with Crippen molar-refractivity contribution in [2.45, 2.75) is 25.4 Å². The Balaban J connectivity index is 1.53. The third kappa shape index (κ3) is 2.14. The molecule has 5 rings (SSSR count). The monoisotopic (exact) mass is 340 g/mol. The smallest absolute Gasteiger partial charge is 0.202 e. The molecule has 0 bridgehead atoms. The molecule has 1 aliphatic carbocycles. The first-order valence-electron chi connectivity index (χ1n) is 8.19. The number of rotatable bonds is 2. The molecule has 3 aromatic rings. The summed E-state index contributed by atoms with van der Waals surface area (Å²) in [7, 11) is 0.